The number of rotatable bonds is 4. The van der Waals surface area contributed by atoms with Crippen LogP contribution in [0.1, 0.15) is 6.92 Å². The van der Waals surface area contributed by atoms with Crippen LogP contribution in [0, 0.1) is 0 Å². The molecule has 0 fully saturated rings. The van der Waals surface area contributed by atoms with Crippen molar-refractivity contribution in [2.45, 2.75) is 13.5 Å². The van der Waals surface area contributed by atoms with Crippen molar-refractivity contribution >= 4 is 36.5 Å². The molecule has 0 saturated heterocycles. The van der Waals surface area contributed by atoms with Gasteiger partial charge in [-0.3, -0.25) is 4.79 Å². The molecule has 7 heteroatoms. The zero-order chi connectivity index (χ0) is 14.0. The minimum atomic E-state index is -3.10. The molecule has 19 heavy (non-hydrogen) atoms. The average molecular weight is 345 g/mol. The van der Waals surface area contributed by atoms with Crippen LogP contribution in [0.3, 0.4) is 0 Å². The van der Waals surface area contributed by atoms with Gasteiger partial charge in [-0.15, -0.1) is 0 Å². The van der Waals surface area contributed by atoms with Gasteiger partial charge >= 0.3 is 0 Å². The molecule has 0 aliphatic heterocycles. The summed E-state index contributed by atoms with van der Waals surface area (Å²) in [4.78, 5) is 12.1. The van der Waals surface area contributed by atoms with E-state index in [0.29, 0.717) is 5.39 Å². The third-order valence-corrected chi connectivity index (χ3v) is 5.05. The van der Waals surface area contributed by atoms with Gasteiger partial charge in [-0.05, 0) is 18.2 Å². The number of sulfone groups is 1. The monoisotopic (exact) mass is 344 g/mol. The molecule has 1 aromatic carbocycles. The highest BCUT2D eigenvalue weighted by Crippen LogP contribution is 2.15. The molecule has 0 atom stereocenters. The number of hydrogen-bond acceptors (Lipinski definition) is 4. The molecule has 5 nitrogen and oxygen atoms in total. The summed E-state index contributed by atoms with van der Waals surface area (Å²) in [5.41, 5.74) is -0.267. The van der Waals surface area contributed by atoms with Gasteiger partial charge in [-0.1, -0.05) is 22.9 Å². The summed E-state index contributed by atoms with van der Waals surface area (Å²) in [5, 5.41) is 5.27. The van der Waals surface area contributed by atoms with E-state index in [1.807, 2.05) is 0 Å². The van der Waals surface area contributed by atoms with Crippen molar-refractivity contribution in [3.63, 3.8) is 0 Å². The first-order chi connectivity index (χ1) is 8.93. The summed E-state index contributed by atoms with van der Waals surface area (Å²) < 4.78 is 25.0. The first-order valence-electron chi connectivity index (χ1n) is 5.79. The maximum atomic E-state index is 12.1. The van der Waals surface area contributed by atoms with E-state index in [2.05, 4.69) is 21.0 Å². The van der Waals surface area contributed by atoms with Crippen molar-refractivity contribution in [3.05, 3.63) is 39.2 Å². The molecular formula is C12H13BrN2O3S. The number of nitrogens with zero attached hydrogens (tertiary/aromatic N) is 2. The van der Waals surface area contributed by atoms with E-state index in [1.165, 1.54) is 4.68 Å². The first kappa shape index (κ1) is 14.2. The van der Waals surface area contributed by atoms with Crippen LogP contribution in [-0.2, 0) is 16.4 Å². The zero-order valence-corrected chi connectivity index (χ0v) is 12.7. The average Bonchev–Trinajstić information content (AvgIpc) is 2.38. The van der Waals surface area contributed by atoms with Gasteiger partial charge in [0.15, 0.2) is 9.84 Å². The van der Waals surface area contributed by atoms with Crippen LogP contribution in [0.4, 0.5) is 0 Å². The lowest BCUT2D eigenvalue weighted by Gasteiger charge is -2.06. The summed E-state index contributed by atoms with van der Waals surface area (Å²) in [6.07, 6.45) is 1.57. The molecule has 2 rings (SSSR count). The number of aryl methyl sites for hydroxylation is 1. The van der Waals surface area contributed by atoms with Gasteiger partial charge < -0.3 is 0 Å². The lowest BCUT2D eigenvalue weighted by molar-refractivity contribution is 0.574. The summed E-state index contributed by atoms with van der Waals surface area (Å²) in [5.74, 6) is 0.000714. The zero-order valence-electron chi connectivity index (χ0n) is 10.3. The second kappa shape index (κ2) is 5.42. The highest BCUT2D eigenvalue weighted by Gasteiger charge is 2.10. The summed E-state index contributed by atoms with van der Waals surface area (Å²) >= 11 is 3.33. The van der Waals surface area contributed by atoms with Crippen LogP contribution < -0.4 is 5.56 Å². The molecular weight excluding hydrogens is 332 g/mol. The Balaban J connectivity index is 2.39. The Morgan fingerprint density at radius 1 is 1.37 bits per heavy atom. The topological polar surface area (TPSA) is 69.0 Å². The number of halogens is 1. The number of benzene rings is 1. The first-order valence-corrected chi connectivity index (χ1v) is 8.40. The molecule has 0 saturated carbocycles. The van der Waals surface area contributed by atoms with Crippen molar-refractivity contribution in [2.24, 2.45) is 0 Å². The minimum Gasteiger partial charge on any atom is -0.267 e. The highest BCUT2D eigenvalue weighted by molar-refractivity contribution is 9.10. The lowest BCUT2D eigenvalue weighted by Crippen LogP contribution is -2.26. The largest absolute Gasteiger partial charge is 0.274 e. The maximum absolute atomic E-state index is 12.1. The Morgan fingerprint density at radius 2 is 2.11 bits per heavy atom. The molecule has 1 heterocycles. The van der Waals surface area contributed by atoms with E-state index in [-0.39, 0.29) is 23.6 Å². The summed E-state index contributed by atoms with van der Waals surface area (Å²) in [6, 6.07) is 5.28. The predicted octanol–water partition coefficient (Wildman–Crippen LogP) is 1.59. The fourth-order valence-electron chi connectivity index (χ4n) is 1.69. The van der Waals surface area contributed by atoms with Gasteiger partial charge in [0.05, 0.1) is 23.9 Å². The Bertz CT molecular complexity index is 768. The van der Waals surface area contributed by atoms with E-state index < -0.39 is 9.84 Å². The second-order valence-corrected chi connectivity index (χ2v) is 7.53. The van der Waals surface area contributed by atoms with E-state index in [4.69, 9.17) is 0 Å². The molecule has 0 bridgehead atoms. The van der Waals surface area contributed by atoms with Crippen molar-refractivity contribution in [1.29, 1.82) is 0 Å². The number of fused-ring (bicyclic) bond motifs is 1. The van der Waals surface area contributed by atoms with E-state index >= 15 is 0 Å². The fourth-order valence-corrected chi connectivity index (χ4v) is 2.81. The van der Waals surface area contributed by atoms with E-state index in [1.54, 1.807) is 31.3 Å². The Kier molecular flexibility index (Phi) is 4.05. The quantitative estimate of drug-likeness (QED) is 0.844. The standard InChI is InChI=1S/C12H13BrN2O3S/c1-2-19(17,18)6-5-15-12(16)11-4-3-10(13)7-9(11)8-14-15/h3-4,7-8H,2,5-6H2,1H3. The number of aromatic nitrogens is 2. The van der Waals surface area contributed by atoms with Gasteiger partial charge in [0.2, 0.25) is 0 Å². The van der Waals surface area contributed by atoms with E-state index in [0.717, 1.165) is 9.86 Å². The highest BCUT2D eigenvalue weighted by atomic mass is 79.9. The van der Waals surface area contributed by atoms with Gasteiger partial charge in [-0.25, -0.2) is 13.1 Å². The Morgan fingerprint density at radius 3 is 2.79 bits per heavy atom. The maximum Gasteiger partial charge on any atom is 0.274 e. The third kappa shape index (κ3) is 3.22. The molecule has 0 amide bonds. The minimum absolute atomic E-state index is 0.0710. The SMILES string of the molecule is CCS(=O)(=O)CCn1ncc2cc(Br)ccc2c1=O. The number of hydrogen-bond donors (Lipinski definition) is 0. The van der Waals surface area contributed by atoms with Crippen LogP contribution in [-0.4, -0.2) is 29.7 Å². The van der Waals surface area contributed by atoms with Crippen molar-refractivity contribution < 1.29 is 8.42 Å². The lowest BCUT2D eigenvalue weighted by atomic mass is 10.2. The molecule has 1 aromatic heterocycles. The summed E-state index contributed by atoms with van der Waals surface area (Å²) in [7, 11) is -3.10. The van der Waals surface area contributed by atoms with Crippen molar-refractivity contribution in [2.75, 3.05) is 11.5 Å². The summed E-state index contributed by atoms with van der Waals surface area (Å²) in [6.45, 7) is 1.67. The van der Waals surface area contributed by atoms with Gasteiger partial charge in [-0.2, -0.15) is 5.10 Å². The molecule has 0 N–H and O–H groups in total. The smallest absolute Gasteiger partial charge is 0.267 e. The molecule has 0 unspecified atom stereocenters. The van der Waals surface area contributed by atoms with Crippen LogP contribution in [0.15, 0.2) is 33.7 Å². The fraction of sp³-hybridized carbons (Fsp3) is 0.333. The molecule has 0 radical (unpaired) electrons. The Hall–Kier alpha value is -1.21. The van der Waals surface area contributed by atoms with Crippen molar-refractivity contribution in [1.82, 2.24) is 9.78 Å². The molecule has 2 aromatic rings. The van der Waals surface area contributed by atoms with Crippen LogP contribution in [0.5, 0.6) is 0 Å². The van der Waals surface area contributed by atoms with Crippen LogP contribution in [0.2, 0.25) is 0 Å². The van der Waals surface area contributed by atoms with Crippen molar-refractivity contribution in [3.8, 4) is 0 Å². The third-order valence-electron chi connectivity index (χ3n) is 2.87. The van der Waals surface area contributed by atoms with Gasteiger partial charge in [0.1, 0.15) is 0 Å². The van der Waals surface area contributed by atoms with Gasteiger partial charge in [0, 0.05) is 15.6 Å². The molecule has 102 valence electrons. The normalized spacial score (nSPS) is 11.9. The Labute approximate surface area is 119 Å². The second-order valence-electron chi connectivity index (χ2n) is 4.14. The van der Waals surface area contributed by atoms with Gasteiger partial charge in [0.25, 0.3) is 5.56 Å². The molecule has 0 aliphatic rings. The molecule has 0 aliphatic carbocycles. The van der Waals surface area contributed by atoms with Crippen LogP contribution in [0.25, 0.3) is 10.8 Å². The van der Waals surface area contributed by atoms with Crippen LogP contribution >= 0.6 is 15.9 Å². The van der Waals surface area contributed by atoms with E-state index in [9.17, 15) is 13.2 Å². The predicted molar refractivity (Wildman–Crippen MR) is 78.0 cm³/mol. The molecule has 0 spiro atoms.